The summed E-state index contributed by atoms with van der Waals surface area (Å²) in [5.74, 6) is -0.158. The Morgan fingerprint density at radius 1 is 0.957 bits per heavy atom. The number of amides is 1. The third kappa shape index (κ3) is 7.30. The van der Waals surface area contributed by atoms with Crippen LogP contribution in [0.15, 0.2) is 93.6 Å². The average Bonchev–Trinajstić information content (AvgIpc) is 3.67. The second-order valence-electron chi connectivity index (χ2n) is 11.1. The summed E-state index contributed by atoms with van der Waals surface area (Å²) in [6, 6.07) is 27.7. The van der Waals surface area contributed by atoms with E-state index in [2.05, 4.69) is 97.9 Å². The fraction of sp³-hybridized carbons (Fsp3) is 0.278. The van der Waals surface area contributed by atoms with E-state index in [1.807, 2.05) is 30.2 Å². The van der Waals surface area contributed by atoms with E-state index in [4.69, 9.17) is 4.74 Å². The second kappa shape index (κ2) is 15.1. The van der Waals surface area contributed by atoms with Crippen LogP contribution < -0.4 is 9.21 Å². The zero-order valence-corrected chi connectivity index (χ0v) is 29.9. The zero-order chi connectivity index (χ0) is 32.0. The molecule has 1 fully saturated rings. The molecule has 0 bridgehead atoms. The van der Waals surface area contributed by atoms with Crippen LogP contribution in [0, 0.1) is 6.92 Å². The molecule has 2 aromatic heterocycles. The van der Waals surface area contributed by atoms with Crippen molar-refractivity contribution < 1.29 is 14.3 Å². The number of aryl methyl sites for hydroxylation is 2. The third-order valence-electron chi connectivity index (χ3n) is 8.12. The van der Waals surface area contributed by atoms with Crippen LogP contribution in [0.5, 0.6) is 0 Å². The predicted molar refractivity (Wildman–Crippen MR) is 197 cm³/mol. The van der Waals surface area contributed by atoms with E-state index in [0.717, 1.165) is 68.1 Å². The van der Waals surface area contributed by atoms with Crippen molar-refractivity contribution in [2.45, 2.75) is 31.6 Å². The van der Waals surface area contributed by atoms with Crippen LogP contribution in [0.25, 0.3) is 10.1 Å². The van der Waals surface area contributed by atoms with Crippen LogP contribution in [-0.4, -0.2) is 56.1 Å². The number of fused-ring (bicyclic) bond motifs is 1. The van der Waals surface area contributed by atoms with E-state index in [1.165, 1.54) is 33.9 Å². The largest absolute Gasteiger partial charge is 0.462 e. The van der Waals surface area contributed by atoms with Gasteiger partial charge in [0.05, 0.1) is 18.0 Å². The van der Waals surface area contributed by atoms with Crippen molar-refractivity contribution in [1.82, 2.24) is 4.90 Å². The summed E-state index contributed by atoms with van der Waals surface area (Å²) in [5.41, 5.74) is 4.65. The number of ether oxygens (including phenoxy) is 1. The van der Waals surface area contributed by atoms with Crippen molar-refractivity contribution in [3.8, 4) is 0 Å². The molecule has 10 heteroatoms. The summed E-state index contributed by atoms with van der Waals surface area (Å²) in [6.45, 7) is 7.96. The van der Waals surface area contributed by atoms with Crippen molar-refractivity contribution in [1.29, 1.82) is 0 Å². The maximum absolute atomic E-state index is 13.2. The SMILES string of the molecule is CCOC(=O)c1sc2ccc(SN(CCCc3ccccc3)c3ccccc3N3CCN(C(=O)c4sccc4Br)CC3)cc2c1C. The first-order chi connectivity index (χ1) is 22.4. The highest BCUT2D eigenvalue weighted by atomic mass is 79.9. The van der Waals surface area contributed by atoms with Gasteiger partial charge in [-0.1, -0.05) is 42.5 Å². The van der Waals surface area contributed by atoms with Gasteiger partial charge in [-0.25, -0.2) is 4.79 Å². The van der Waals surface area contributed by atoms with Gasteiger partial charge in [-0.3, -0.25) is 4.79 Å². The fourth-order valence-corrected chi connectivity index (χ4v) is 9.36. The summed E-state index contributed by atoms with van der Waals surface area (Å²) < 4.78 is 9.68. The van der Waals surface area contributed by atoms with E-state index in [-0.39, 0.29) is 11.9 Å². The number of nitrogens with zero attached hydrogens (tertiary/aromatic N) is 3. The number of thiophene rings is 2. The van der Waals surface area contributed by atoms with Gasteiger partial charge in [0.25, 0.3) is 5.91 Å². The monoisotopic (exact) mass is 733 g/mol. The quantitative estimate of drug-likeness (QED) is 0.0997. The standard InChI is InChI=1S/C36H36BrN3O3S3/c1-3-43-36(42)33-25(2)28-24-27(15-16-32(28)45-33)46-40(18-9-12-26-10-5-4-6-11-26)31-14-8-7-13-30(31)38-19-21-39(22-20-38)35(41)34-29(37)17-23-44-34/h4-8,10-11,13-17,23-24H,3,9,12,18-22H2,1-2H3. The summed E-state index contributed by atoms with van der Waals surface area (Å²) in [7, 11) is 0. The molecule has 0 radical (unpaired) electrons. The fourth-order valence-electron chi connectivity index (χ4n) is 5.74. The molecule has 3 heterocycles. The second-order valence-corrected chi connectivity index (χ2v) is 15.0. The summed E-state index contributed by atoms with van der Waals surface area (Å²) in [6.07, 6.45) is 1.99. The minimum atomic E-state index is -0.253. The Bertz CT molecular complexity index is 1820. The highest BCUT2D eigenvalue weighted by molar-refractivity contribution is 9.10. The minimum Gasteiger partial charge on any atom is -0.462 e. The maximum atomic E-state index is 13.2. The van der Waals surface area contributed by atoms with Crippen LogP contribution in [-0.2, 0) is 11.2 Å². The van der Waals surface area contributed by atoms with Gasteiger partial charge < -0.3 is 18.8 Å². The number of rotatable bonds is 11. The molecule has 0 unspecified atom stereocenters. The summed E-state index contributed by atoms with van der Waals surface area (Å²) in [5, 5.41) is 3.04. The first-order valence-electron chi connectivity index (χ1n) is 15.5. The molecule has 3 aromatic carbocycles. The van der Waals surface area contributed by atoms with Crippen LogP contribution in [0.4, 0.5) is 11.4 Å². The molecule has 46 heavy (non-hydrogen) atoms. The van der Waals surface area contributed by atoms with Gasteiger partial charge in [0.15, 0.2) is 0 Å². The molecule has 1 saturated heterocycles. The minimum absolute atomic E-state index is 0.0955. The van der Waals surface area contributed by atoms with Crippen molar-refractivity contribution >= 4 is 83.9 Å². The molecule has 0 aliphatic carbocycles. The number of para-hydroxylation sites is 2. The Labute approximate surface area is 291 Å². The predicted octanol–water partition coefficient (Wildman–Crippen LogP) is 9.32. The Kier molecular flexibility index (Phi) is 10.7. The van der Waals surface area contributed by atoms with Gasteiger partial charge in [0, 0.05) is 46.8 Å². The first kappa shape index (κ1) is 32.6. The van der Waals surface area contributed by atoms with Crippen molar-refractivity contribution in [2.24, 2.45) is 0 Å². The van der Waals surface area contributed by atoms with Gasteiger partial charge >= 0.3 is 5.97 Å². The Morgan fingerprint density at radius 2 is 1.72 bits per heavy atom. The summed E-state index contributed by atoms with van der Waals surface area (Å²) in [4.78, 5) is 32.7. The molecule has 0 saturated carbocycles. The lowest BCUT2D eigenvalue weighted by Crippen LogP contribution is -2.49. The number of hydrogen-bond donors (Lipinski definition) is 0. The molecule has 1 amide bonds. The summed E-state index contributed by atoms with van der Waals surface area (Å²) >= 11 is 8.25. The van der Waals surface area contributed by atoms with Gasteiger partial charge in [-0.15, -0.1) is 22.7 Å². The molecule has 0 spiro atoms. The van der Waals surface area contributed by atoms with Crippen LogP contribution in [0.3, 0.4) is 0 Å². The third-order valence-corrected chi connectivity index (χ3v) is 12.3. The molecule has 0 atom stereocenters. The molecule has 238 valence electrons. The molecular formula is C36H36BrN3O3S3. The van der Waals surface area contributed by atoms with E-state index in [1.54, 1.807) is 11.9 Å². The molecule has 1 aliphatic rings. The van der Waals surface area contributed by atoms with E-state index in [0.29, 0.717) is 24.6 Å². The highest BCUT2D eigenvalue weighted by Gasteiger charge is 2.26. The Hall–Kier alpha value is -3.31. The van der Waals surface area contributed by atoms with Gasteiger partial charge in [-0.2, -0.15) is 0 Å². The molecule has 1 aliphatic heterocycles. The van der Waals surface area contributed by atoms with Crippen LogP contribution in [0.1, 0.15) is 43.8 Å². The lowest BCUT2D eigenvalue weighted by molar-refractivity contribution is 0.0531. The van der Waals surface area contributed by atoms with E-state index < -0.39 is 0 Å². The lowest BCUT2D eigenvalue weighted by Gasteiger charge is -2.38. The molecule has 5 aromatic rings. The Balaban J connectivity index is 1.25. The Morgan fingerprint density at radius 3 is 2.46 bits per heavy atom. The molecular weight excluding hydrogens is 699 g/mol. The highest BCUT2D eigenvalue weighted by Crippen LogP contribution is 2.40. The number of benzene rings is 3. The molecule has 6 rings (SSSR count). The van der Waals surface area contributed by atoms with E-state index in [9.17, 15) is 9.59 Å². The van der Waals surface area contributed by atoms with Crippen LogP contribution >= 0.6 is 50.6 Å². The van der Waals surface area contributed by atoms with Crippen molar-refractivity contribution in [3.63, 3.8) is 0 Å². The zero-order valence-electron chi connectivity index (χ0n) is 25.9. The van der Waals surface area contributed by atoms with Crippen LogP contribution in [0.2, 0.25) is 0 Å². The number of piperazine rings is 1. The van der Waals surface area contributed by atoms with Gasteiger partial charge in [-0.05, 0) is 113 Å². The first-order valence-corrected chi connectivity index (χ1v) is 18.7. The maximum Gasteiger partial charge on any atom is 0.348 e. The van der Waals surface area contributed by atoms with Gasteiger partial charge in [0.2, 0.25) is 0 Å². The number of esters is 1. The van der Waals surface area contributed by atoms with Gasteiger partial charge in [0.1, 0.15) is 9.75 Å². The number of hydrogen-bond acceptors (Lipinski definition) is 8. The average molecular weight is 735 g/mol. The molecule has 6 nitrogen and oxygen atoms in total. The topological polar surface area (TPSA) is 53.1 Å². The number of anilines is 2. The van der Waals surface area contributed by atoms with Crippen molar-refractivity contribution in [2.75, 3.05) is 48.5 Å². The normalized spacial score (nSPS) is 13.3. The van der Waals surface area contributed by atoms with Crippen molar-refractivity contribution in [3.05, 3.63) is 110 Å². The number of carbonyl (C=O) groups is 2. The smallest absolute Gasteiger partial charge is 0.348 e. The number of carbonyl (C=O) groups excluding carboxylic acids is 2. The lowest BCUT2D eigenvalue weighted by atomic mass is 10.1. The number of halogens is 1. The van der Waals surface area contributed by atoms with E-state index >= 15 is 0 Å². The molecule has 0 N–H and O–H groups in total.